The lowest BCUT2D eigenvalue weighted by atomic mass is 9.92. The molecule has 0 amide bonds. The number of fused-ring (bicyclic) bond motifs is 6. The number of benzene rings is 7. The molecule has 7 rings (SSSR count). The molecule has 0 saturated carbocycles. The van der Waals surface area contributed by atoms with Crippen molar-refractivity contribution < 1.29 is 0 Å². The van der Waals surface area contributed by atoms with Gasteiger partial charge in [0.05, 0.1) is 0 Å². The summed E-state index contributed by atoms with van der Waals surface area (Å²) in [7, 11) is 0. The van der Waals surface area contributed by atoms with Crippen LogP contribution in [0.3, 0.4) is 0 Å². The predicted molar refractivity (Wildman–Crippen MR) is 147 cm³/mol. The predicted octanol–water partition coefficient (Wildman–Crippen LogP) is 9.88. The first-order valence-electron chi connectivity index (χ1n) is 11.2. The Labute approximate surface area is 200 Å². The summed E-state index contributed by atoms with van der Waals surface area (Å²) in [6.07, 6.45) is 0. The summed E-state index contributed by atoms with van der Waals surface area (Å²) in [6.45, 7) is 0. The van der Waals surface area contributed by atoms with Crippen LogP contribution in [0, 0.1) is 0 Å². The maximum atomic E-state index is 3.76. The van der Waals surface area contributed by atoms with E-state index in [4.69, 9.17) is 0 Å². The first kappa shape index (κ1) is 18.8. The highest BCUT2D eigenvalue weighted by Crippen LogP contribution is 2.38. The van der Waals surface area contributed by atoms with Gasteiger partial charge < -0.3 is 0 Å². The number of hydrogen-bond acceptors (Lipinski definition) is 0. The minimum atomic E-state index is 1.12. The molecule has 0 saturated heterocycles. The molecule has 0 atom stereocenters. The molecule has 7 aromatic carbocycles. The second kappa shape index (κ2) is 7.16. The molecule has 0 N–H and O–H groups in total. The van der Waals surface area contributed by atoms with Gasteiger partial charge in [0.1, 0.15) is 0 Å². The van der Waals surface area contributed by atoms with Crippen LogP contribution in [0.4, 0.5) is 0 Å². The summed E-state index contributed by atoms with van der Waals surface area (Å²) in [5.41, 5.74) is 2.48. The van der Waals surface area contributed by atoms with E-state index < -0.39 is 0 Å². The summed E-state index contributed by atoms with van der Waals surface area (Å²) < 4.78 is 1.12. The highest BCUT2D eigenvalue weighted by molar-refractivity contribution is 9.10. The number of hydrogen-bond donors (Lipinski definition) is 0. The number of halogens is 1. The molecule has 7 aromatic rings. The standard InChI is InChI=1S/C32H19Br/c33-32-11-4-3-9-28(32)27-10-5-8-22-16-23-12-13-24-17-25-14-20-6-1-2-7-21(20)15-26(25)18-29(24)31(23)19-30(22)27/h1-19H. The van der Waals surface area contributed by atoms with Crippen LogP contribution in [-0.4, -0.2) is 0 Å². The van der Waals surface area contributed by atoms with Gasteiger partial charge >= 0.3 is 0 Å². The SMILES string of the molecule is Brc1ccccc1-c1cccc2cc3ccc4cc5cc6ccccc6cc5cc4c3cc12. The van der Waals surface area contributed by atoms with E-state index >= 15 is 0 Å². The molecule has 0 aliphatic rings. The highest BCUT2D eigenvalue weighted by Gasteiger charge is 2.10. The average Bonchev–Trinajstić information content (AvgIpc) is 2.85. The van der Waals surface area contributed by atoms with Crippen LogP contribution in [0.1, 0.15) is 0 Å². The lowest BCUT2D eigenvalue weighted by Crippen LogP contribution is -1.85. The molecule has 0 fully saturated rings. The van der Waals surface area contributed by atoms with E-state index in [-0.39, 0.29) is 0 Å². The summed E-state index contributed by atoms with van der Waals surface area (Å²) in [6, 6.07) is 42.2. The van der Waals surface area contributed by atoms with Crippen molar-refractivity contribution >= 4 is 69.8 Å². The van der Waals surface area contributed by atoms with Gasteiger partial charge in [-0.1, -0.05) is 88.7 Å². The van der Waals surface area contributed by atoms with Crippen molar-refractivity contribution in [2.75, 3.05) is 0 Å². The fourth-order valence-electron chi connectivity index (χ4n) is 5.19. The van der Waals surface area contributed by atoms with Crippen LogP contribution in [0.5, 0.6) is 0 Å². The molecule has 0 radical (unpaired) electrons. The van der Waals surface area contributed by atoms with Crippen LogP contribution in [-0.2, 0) is 0 Å². The normalized spacial score (nSPS) is 11.8. The molecule has 0 heterocycles. The Morgan fingerprint density at radius 3 is 1.61 bits per heavy atom. The van der Waals surface area contributed by atoms with Gasteiger partial charge in [-0.25, -0.2) is 0 Å². The van der Waals surface area contributed by atoms with E-state index in [2.05, 4.69) is 131 Å². The van der Waals surface area contributed by atoms with E-state index in [1.165, 1.54) is 65.0 Å². The summed E-state index contributed by atoms with van der Waals surface area (Å²) in [4.78, 5) is 0. The Bertz CT molecular complexity index is 1880. The molecule has 154 valence electrons. The van der Waals surface area contributed by atoms with E-state index in [1.54, 1.807) is 0 Å². The van der Waals surface area contributed by atoms with Crippen molar-refractivity contribution in [1.29, 1.82) is 0 Å². The Kier molecular flexibility index (Phi) is 4.09. The summed E-state index contributed by atoms with van der Waals surface area (Å²) >= 11 is 3.76. The monoisotopic (exact) mass is 482 g/mol. The first-order chi connectivity index (χ1) is 16.2. The minimum Gasteiger partial charge on any atom is -0.0616 e. The van der Waals surface area contributed by atoms with Gasteiger partial charge in [-0.2, -0.15) is 0 Å². The Morgan fingerprint density at radius 1 is 0.333 bits per heavy atom. The zero-order valence-corrected chi connectivity index (χ0v) is 19.4. The smallest absolute Gasteiger partial charge is 0.0253 e. The Balaban J connectivity index is 1.58. The van der Waals surface area contributed by atoms with Gasteiger partial charge in [0.15, 0.2) is 0 Å². The quantitative estimate of drug-likeness (QED) is 0.161. The van der Waals surface area contributed by atoms with Crippen LogP contribution in [0.15, 0.2) is 120 Å². The van der Waals surface area contributed by atoms with Gasteiger partial charge in [0.25, 0.3) is 0 Å². The zero-order chi connectivity index (χ0) is 21.9. The van der Waals surface area contributed by atoms with Crippen molar-refractivity contribution in [3.05, 3.63) is 120 Å². The van der Waals surface area contributed by atoms with Crippen LogP contribution in [0.25, 0.3) is 65.0 Å². The van der Waals surface area contributed by atoms with Crippen LogP contribution >= 0.6 is 15.9 Å². The second-order valence-corrected chi connectivity index (χ2v) is 9.62. The second-order valence-electron chi connectivity index (χ2n) is 8.77. The minimum absolute atomic E-state index is 1.12. The zero-order valence-electron chi connectivity index (χ0n) is 17.8. The third kappa shape index (κ3) is 2.97. The van der Waals surface area contributed by atoms with Crippen molar-refractivity contribution in [2.24, 2.45) is 0 Å². The summed E-state index contributed by atoms with van der Waals surface area (Å²) in [5, 5.41) is 12.9. The van der Waals surface area contributed by atoms with Gasteiger partial charge in [0, 0.05) is 4.47 Å². The maximum absolute atomic E-state index is 3.76. The molecule has 1 heteroatoms. The highest BCUT2D eigenvalue weighted by atomic mass is 79.9. The molecule has 0 bridgehead atoms. The van der Waals surface area contributed by atoms with E-state index in [0.29, 0.717) is 0 Å². The molecule has 0 spiro atoms. The molecule has 0 aliphatic carbocycles. The lowest BCUT2D eigenvalue weighted by Gasteiger charge is -2.12. The van der Waals surface area contributed by atoms with E-state index in [0.717, 1.165) is 4.47 Å². The van der Waals surface area contributed by atoms with Crippen LogP contribution < -0.4 is 0 Å². The maximum Gasteiger partial charge on any atom is 0.0253 e. The molecule has 0 aromatic heterocycles. The molecule has 33 heavy (non-hydrogen) atoms. The third-order valence-corrected chi connectivity index (χ3v) is 7.51. The first-order valence-corrected chi connectivity index (χ1v) is 12.0. The largest absolute Gasteiger partial charge is 0.0616 e. The average molecular weight is 483 g/mol. The van der Waals surface area contributed by atoms with E-state index in [9.17, 15) is 0 Å². The lowest BCUT2D eigenvalue weighted by molar-refractivity contribution is 1.61. The fourth-order valence-corrected chi connectivity index (χ4v) is 5.69. The molecule has 0 aliphatic heterocycles. The van der Waals surface area contributed by atoms with Gasteiger partial charge in [-0.3, -0.25) is 0 Å². The molecular weight excluding hydrogens is 464 g/mol. The van der Waals surface area contributed by atoms with Gasteiger partial charge in [-0.05, 0) is 107 Å². The molecule has 0 nitrogen and oxygen atoms in total. The molecular formula is C32H19Br. The van der Waals surface area contributed by atoms with Crippen LogP contribution in [0.2, 0.25) is 0 Å². The van der Waals surface area contributed by atoms with Crippen molar-refractivity contribution in [3.8, 4) is 11.1 Å². The van der Waals surface area contributed by atoms with Crippen molar-refractivity contribution in [3.63, 3.8) is 0 Å². The van der Waals surface area contributed by atoms with E-state index in [1.807, 2.05) is 0 Å². The van der Waals surface area contributed by atoms with Crippen molar-refractivity contribution in [1.82, 2.24) is 0 Å². The van der Waals surface area contributed by atoms with Gasteiger partial charge in [0.2, 0.25) is 0 Å². The summed E-state index contributed by atoms with van der Waals surface area (Å²) in [5.74, 6) is 0. The Morgan fingerprint density at radius 2 is 0.848 bits per heavy atom. The van der Waals surface area contributed by atoms with Crippen molar-refractivity contribution in [2.45, 2.75) is 0 Å². The fraction of sp³-hybridized carbons (Fsp3) is 0. The number of rotatable bonds is 1. The topological polar surface area (TPSA) is 0 Å². The van der Waals surface area contributed by atoms with Gasteiger partial charge in [-0.15, -0.1) is 0 Å². The Hall–Kier alpha value is -3.68. The third-order valence-electron chi connectivity index (χ3n) is 6.82. The molecule has 0 unspecified atom stereocenters.